The van der Waals surface area contributed by atoms with Crippen molar-refractivity contribution in [1.82, 2.24) is 0 Å². The smallest absolute Gasteiger partial charge is 0.0224 e. The zero-order valence-corrected chi connectivity index (χ0v) is 10.3. The maximum Gasteiger partial charge on any atom is 0.0224 e. The van der Waals surface area contributed by atoms with Crippen LogP contribution in [0.4, 0.5) is 0 Å². The first-order chi connectivity index (χ1) is 7.29. The van der Waals surface area contributed by atoms with Gasteiger partial charge in [0.2, 0.25) is 0 Å². The van der Waals surface area contributed by atoms with Crippen LogP contribution in [0, 0.1) is 6.92 Å². The van der Waals surface area contributed by atoms with Gasteiger partial charge in [-0.25, -0.2) is 0 Å². The molecule has 2 unspecified atom stereocenters. The second-order valence-electron chi connectivity index (χ2n) is 4.25. The highest BCUT2D eigenvalue weighted by molar-refractivity contribution is 7.99. The van der Waals surface area contributed by atoms with Crippen LogP contribution in [-0.2, 0) is 0 Å². The minimum atomic E-state index is 0.647. The molecule has 2 atom stereocenters. The first-order valence-corrected chi connectivity index (χ1v) is 6.86. The number of benzene rings is 1. The minimum Gasteiger partial charge on any atom is -0.158 e. The molecule has 0 N–H and O–H groups in total. The molecule has 0 nitrogen and oxygen atoms in total. The van der Waals surface area contributed by atoms with Gasteiger partial charge in [0.05, 0.1) is 0 Å². The zero-order valence-electron chi connectivity index (χ0n) is 9.44. The molecule has 0 saturated heterocycles. The Balaban J connectivity index is 2.10. The van der Waals surface area contributed by atoms with Crippen LogP contribution in [0.2, 0.25) is 0 Å². The van der Waals surface area contributed by atoms with Crippen LogP contribution in [-0.4, -0.2) is 11.5 Å². The first kappa shape index (κ1) is 10.8. The molecule has 0 spiro atoms. The van der Waals surface area contributed by atoms with E-state index in [4.69, 9.17) is 0 Å². The largest absolute Gasteiger partial charge is 0.158 e. The van der Waals surface area contributed by atoms with E-state index in [0.717, 1.165) is 5.25 Å². The summed E-state index contributed by atoms with van der Waals surface area (Å²) >= 11 is 1.96. The number of hydrogen-bond acceptors (Lipinski definition) is 1. The lowest BCUT2D eigenvalue weighted by Crippen LogP contribution is -2.08. The standard InChI is InChI=1S/C14H18S/c1-11-3-5-12(6-4-11)13-7-9-14(15-2)10-8-13/h3-7,9,13-14H,8,10H2,1-2H3. The summed E-state index contributed by atoms with van der Waals surface area (Å²) in [6, 6.07) is 8.96. The average molecular weight is 218 g/mol. The molecule has 0 aromatic heterocycles. The maximum absolute atomic E-state index is 2.38. The van der Waals surface area contributed by atoms with Crippen LogP contribution in [0.5, 0.6) is 0 Å². The summed E-state index contributed by atoms with van der Waals surface area (Å²) in [5.74, 6) is 0.647. The van der Waals surface area contributed by atoms with Crippen molar-refractivity contribution >= 4 is 11.8 Å². The van der Waals surface area contributed by atoms with Crippen LogP contribution >= 0.6 is 11.8 Å². The Morgan fingerprint density at radius 3 is 2.33 bits per heavy atom. The number of aryl methyl sites for hydroxylation is 1. The lowest BCUT2D eigenvalue weighted by atomic mass is 9.89. The Morgan fingerprint density at radius 1 is 1.07 bits per heavy atom. The van der Waals surface area contributed by atoms with Gasteiger partial charge in [0.25, 0.3) is 0 Å². The number of allylic oxidation sites excluding steroid dienone is 1. The molecule has 0 radical (unpaired) electrons. The van der Waals surface area contributed by atoms with Gasteiger partial charge in [0, 0.05) is 11.2 Å². The Morgan fingerprint density at radius 2 is 1.80 bits per heavy atom. The molecule has 2 rings (SSSR count). The molecule has 0 fully saturated rings. The van der Waals surface area contributed by atoms with Crippen molar-refractivity contribution in [1.29, 1.82) is 0 Å². The second-order valence-corrected chi connectivity index (χ2v) is 5.33. The third-order valence-electron chi connectivity index (χ3n) is 3.13. The van der Waals surface area contributed by atoms with Crippen molar-refractivity contribution < 1.29 is 0 Å². The van der Waals surface area contributed by atoms with Crippen molar-refractivity contribution in [3.05, 3.63) is 47.5 Å². The lowest BCUT2D eigenvalue weighted by Gasteiger charge is -2.21. The molecule has 0 saturated carbocycles. The Labute approximate surface area is 96.8 Å². The average Bonchev–Trinajstić information content (AvgIpc) is 2.30. The van der Waals surface area contributed by atoms with E-state index in [1.54, 1.807) is 0 Å². The normalized spacial score (nSPS) is 25.5. The molecule has 15 heavy (non-hydrogen) atoms. The highest BCUT2D eigenvalue weighted by atomic mass is 32.2. The molecular formula is C14H18S. The van der Waals surface area contributed by atoms with Crippen LogP contribution in [0.15, 0.2) is 36.4 Å². The fraction of sp³-hybridized carbons (Fsp3) is 0.429. The third-order valence-corrected chi connectivity index (χ3v) is 4.13. The molecular weight excluding hydrogens is 200 g/mol. The predicted molar refractivity (Wildman–Crippen MR) is 69.6 cm³/mol. The van der Waals surface area contributed by atoms with E-state index in [0.29, 0.717) is 5.92 Å². The fourth-order valence-corrected chi connectivity index (χ4v) is 2.70. The van der Waals surface area contributed by atoms with Crippen LogP contribution in [0.3, 0.4) is 0 Å². The van der Waals surface area contributed by atoms with E-state index >= 15 is 0 Å². The van der Waals surface area contributed by atoms with Gasteiger partial charge in [-0.2, -0.15) is 11.8 Å². The second kappa shape index (κ2) is 4.89. The van der Waals surface area contributed by atoms with Crippen molar-refractivity contribution in [2.24, 2.45) is 0 Å². The topological polar surface area (TPSA) is 0 Å². The van der Waals surface area contributed by atoms with Crippen LogP contribution in [0.25, 0.3) is 0 Å². The van der Waals surface area contributed by atoms with Gasteiger partial charge in [-0.15, -0.1) is 0 Å². The quantitative estimate of drug-likeness (QED) is 0.672. The summed E-state index contributed by atoms with van der Waals surface area (Å²) < 4.78 is 0. The molecule has 1 aliphatic rings. The van der Waals surface area contributed by atoms with Gasteiger partial charge in [0.1, 0.15) is 0 Å². The summed E-state index contributed by atoms with van der Waals surface area (Å²) in [5.41, 5.74) is 2.82. The van der Waals surface area contributed by atoms with E-state index in [1.807, 2.05) is 11.8 Å². The Kier molecular flexibility index (Phi) is 3.53. The van der Waals surface area contributed by atoms with Crippen molar-refractivity contribution in [3.8, 4) is 0 Å². The van der Waals surface area contributed by atoms with E-state index < -0.39 is 0 Å². The van der Waals surface area contributed by atoms with E-state index in [9.17, 15) is 0 Å². The molecule has 0 amide bonds. The summed E-state index contributed by atoms with van der Waals surface area (Å²) in [4.78, 5) is 0. The Hall–Kier alpha value is -0.690. The number of rotatable bonds is 2. The van der Waals surface area contributed by atoms with Crippen LogP contribution < -0.4 is 0 Å². The van der Waals surface area contributed by atoms with Gasteiger partial charge in [-0.05, 0) is 31.6 Å². The molecule has 1 aromatic carbocycles. The van der Waals surface area contributed by atoms with Crippen molar-refractivity contribution in [2.75, 3.05) is 6.26 Å². The maximum atomic E-state index is 2.38. The van der Waals surface area contributed by atoms with E-state index in [2.05, 4.69) is 49.6 Å². The van der Waals surface area contributed by atoms with Crippen molar-refractivity contribution in [2.45, 2.75) is 30.9 Å². The minimum absolute atomic E-state index is 0.647. The van der Waals surface area contributed by atoms with E-state index in [-0.39, 0.29) is 0 Å². The lowest BCUT2D eigenvalue weighted by molar-refractivity contribution is 0.663. The predicted octanol–water partition coefficient (Wildman–Crippen LogP) is 4.16. The molecule has 80 valence electrons. The number of thioether (sulfide) groups is 1. The number of hydrogen-bond donors (Lipinski definition) is 0. The van der Waals surface area contributed by atoms with E-state index in [1.165, 1.54) is 24.0 Å². The first-order valence-electron chi connectivity index (χ1n) is 5.57. The third kappa shape index (κ3) is 2.66. The molecule has 0 bridgehead atoms. The monoisotopic (exact) mass is 218 g/mol. The SMILES string of the molecule is CSC1C=CC(c2ccc(C)cc2)CC1. The summed E-state index contributed by atoms with van der Waals surface area (Å²) in [5, 5.41) is 0.742. The highest BCUT2D eigenvalue weighted by Gasteiger charge is 2.15. The van der Waals surface area contributed by atoms with Gasteiger partial charge in [-0.1, -0.05) is 42.0 Å². The van der Waals surface area contributed by atoms with Gasteiger partial charge >= 0.3 is 0 Å². The fourth-order valence-electron chi connectivity index (χ4n) is 2.08. The summed E-state index contributed by atoms with van der Waals surface area (Å²) in [6.45, 7) is 2.14. The molecule has 0 heterocycles. The molecule has 0 aliphatic heterocycles. The summed E-state index contributed by atoms with van der Waals surface area (Å²) in [6.07, 6.45) is 9.57. The van der Waals surface area contributed by atoms with Crippen molar-refractivity contribution in [3.63, 3.8) is 0 Å². The molecule has 1 aromatic rings. The van der Waals surface area contributed by atoms with Gasteiger partial charge < -0.3 is 0 Å². The molecule has 1 aliphatic carbocycles. The highest BCUT2D eigenvalue weighted by Crippen LogP contribution is 2.31. The summed E-state index contributed by atoms with van der Waals surface area (Å²) in [7, 11) is 0. The zero-order chi connectivity index (χ0) is 10.7. The van der Waals surface area contributed by atoms with Gasteiger partial charge in [-0.3, -0.25) is 0 Å². The van der Waals surface area contributed by atoms with Crippen LogP contribution in [0.1, 0.15) is 29.9 Å². The molecule has 1 heteroatoms. The Bertz CT molecular complexity index is 337. The van der Waals surface area contributed by atoms with Gasteiger partial charge in [0.15, 0.2) is 0 Å².